The molecule has 1 fully saturated rings. The van der Waals surface area contributed by atoms with Crippen molar-refractivity contribution in [1.82, 2.24) is 9.97 Å². The lowest BCUT2D eigenvalue weighted by Crippen LogP contribution is -2.46. The Kier molecular flexibility index (Phi) is 9.46. The zero-order valence-corrected chi connectivity index (χ0v) is 29.1. The van der Waals surface area contributed by atoms with Crippen molar-refractivity contribution in [1.29, 1.82) is 0 Å². The van der Waals surface area contributed by atoms with Crippen LogP contribution in [0.1, 0.15) is 71.6 Å². The van der Waals surface area contributed by atoms with Crippen LogP contribution in [-0.4, -0.2) is 58.6 Å². The average Bonchev–Trinajstić information content (AvgIpc) is 3.41. The Morgan fingerprint density at radius 2 is 1.46 bits per heavy atom. The molecule has 41 heavy (non-hydrogen) atoms. The quantitative estimate of drug-likeness (QED) is 0.258. The van der Waals surface area contributed by atoms with Crippen LogP contribution in [-0.2, 0) is 20.0 Å². The number of methoxy groups -OCH3 is 1. The second-order valence-electron chi connectivity index (χ2n) is 14.9. The van der Waals surface area contributed by atoms with Gasteiger partial charge in [-0.15, -0.1) is 0 Å². The van der Waals surface area contributed by atoms with Gasteiger partial charge in [-0.3, -0.25) is 0 Å². The Morgan fingerprint density at radius 3 is 2.10 bits per heavy atom. The molecule has 0 saturated heterocycles. The Labute approximate surface area is 250 Å². The third kappa shape index (κ3) is 7.41. The summed E-state index contributed by atoms with van der Waals surface area (Å²) in [6.07, 6.45) is 3.84. The predicted octanol–water partition coefficient (Wildman–Crippen LogP) is 7.74. The molecule has 2 aliphatic rings. The summed E-state index contributed by atoms with van der Waals surface area (Å²) in [5.41, 5.74) is 2.39. The van der Waals surface area contributed by atoms with Crippen LogP contribution < -0.4 is 9.47 Å². The lowest BCUT2D eigenvalue weighted by molar-refractivity contribution is 0.0107. The molecular weight excluding hydrogens is 549 g/mol. The molecule has 2 aliphatic carbocycles. The number of fused-ring (bicyclic) bond motifs is 1. The van der Waals surface area contributed by atoms with Crippen LogP contribution in [0.15, 0.2) is 36.7 Å². The van der Waals surface area contributed by atoms with Crippen molar-refractivity contribution in [3.8, 4) is 11.8 Å². The number of ether oxygens (including phenoxy) is 3. The van der Waals surface area contributed by atoms with Crippen molar-refractivity contribution in [3.05, 3.63) is 47.8 Å². The number of benzene rings is 1. The van der Waals surface area contributed by atoms with E-state index in [1.54, 1.807) is 13.2 Å². The summed E-state index contributed by atoms with van der Waals surface area (Å²) in [5, 5.41) is 0.297. The first-order valence-corrected chi connectivity index (χ1v) is 20.9. The fourth-order valence-electron chi connectivity index (χ4n) is 5.16. The van der Waals surface area contributed by atoms with Gasteiger partial charge in [0.15, 0.2) is 22.7 Å². The van der Waals surface area contributed by atoms with Crippen LogP contribution in [0, 0.1) is 5.92 Å². The number of nitrogens with zero attached hydrogens (tertiary/aromatic N) is 2. The van der Waals surface area contributed by atoms with Gasteiger partial charge in [0.25, 0.3) is 0 Å². The standard InChI is InChI=1S/C32H52N2O5Si2/c1-31(2,3)40(8,9)36-20-23-16-24(18-26(23)39-41(10,11)32(4,5)6)37-28-19-29(34-21-33-28)38-30-25-15-13-12-14-22(25)17-27(30)35-7/h12-15,19,21,23-24,26-27,30H,16-18,20H2,1-11H3/t23-,24+,26-,27-,30+/m0/s1. The van der Waals surface area contributed by atoms with E-state index in [4.69, 9.17) is 23.1 Å². The molecule has 1 heterocycles. The van der Waals surface area contributed by atoms with E-state index in [0.29, 0.717) is 18.4 Å². The molecule has 0 amide bonds. The Hall–Kier alpha value is -1.79. The molecule has 7 nitrogen and oxygen atoms in total. The third-order valence-electron chi connectivity index (χ3n) is 9.88. The summed E-state index contributed by atoms with van der Waals surface area (Å²) in [7, 11) is -2.13. The van der Waals surface area contributed by atoms with Crippen molar-refractivity contribution >= 4 is 16.6 Å². The SMILES string of the molecule is CO[C@H]1Cc2ccccc2[C@H]1Oc1cc(O[C@@H]2C[C@@H](CO[Si](C)(C)C(C)(C)C)[C@@H](O[Si](C)(C)C(C)(C)C)C2)ncn1. The molecule has 0 aliphatic heterocycles. The molecule has 0 N–H and O–H groups in total. The number of hydrogen-bond donors (Lipinski definition) is 0. The van der Waals surface area contributed by atoms with Crippen LogP contribution in [0.5, 0.6) is 11.8 Å². The first-order chi connectivity index (χ1) is 19.0. The molecule has 0 radical (unpaired) electrons. The molecule has 1 aromatic heterocycles. The van der Waals surface area contributed by atoms with Gasteiger partial charge in [0, 0.05) is 32.5 Å². The van der Waals surface area contributed by atoms with Crippen molar-refractivity contribution < 1.29 is 23.1 Å². The molecule has 0 spiro atoms. The van der Waals surface area contributed by atoms with Gasteiger partial charge in [0.05, 0.1) is 12.2 Å². The molecule has 9 heteroatoms. The monoisotopic (exact) mass is 600 g/mol. The number of aromatic nitrogens is 2. The maximum Gasteiger partial charge on any atom is 0.220 e. The van der Waals surface area contributed by atoms with Crippen LogP contribution >= 0.6 is 0 Å². The highest BCUT2D eigenvalue weighted by Gasteiger charge is 2.46. The van der Waals surface area contributed by atoms with E-state index in [0.717, 1.165) is 24.8 Å². The lowest BCUT2D eigenvalue weighted by atomic mass is 10.1. The normalized spacial score (nSPS) is 25.3. The topological polar surface area (TPSA) is 71.9 Å². The van der Waals surface area contributed by atoms with E-state index in [1.807, 2.05) is 6.07 Å². The van der Waals surface area contributed by atoms with Crippen LogP contribution in [0.2, 0.25) is 36.3 Å². The summed E-state index contributed by atoms with van der Waals surface area (Å²) >= 11 is 0. The fourth-order valence-corrected chi connectivity index (χ4v) is 7.62. The molecule has 228 valence electrons. The Morgan fingerprint density at radius 1 is 0.829 bits per heavy atom. The van der Waals surface area contributed by atoms with Gasteiger partial charge in [-0.1, -0.05) is 65.8 Å². The van der Waals surface area contributed by atoms with E-state index in [-0.39, 0.29) is 40.4 Å². The van der Waals surface area contributed by atoms with E-state index >= 15 is 0 Å². The Balaban J connectivity index is 1.47. The molecule has 5 atom stereocenters. The highest BCUT2D eigenvalue weighted by atomic mass is 28.4. The second kappa shape index (κ2) is 12.1. The number of hydrogen-bond acceptors (Lipinski definition) is 7. The molecule has 4 rings (SSSR count). The second-order valence-corrected chi connectivity index (χ2v) is 24.4. The maximum atomic E-state index is 6.99. The first kappa shape index (κ1) is 32.1. The summed E-state index contributed by atoms with van der Waals surface area (Å²) in [4.78, 5) is 8.84. The summed E-state index contributed by atoms with van der Waals surface area (Å²) in [6, 6.07) is 10.1. The highest BCUT2D eigenvalue weighted by Crippen LogP contribution is 2.43. The Bertz CT molecular complexity index is 1180. The van der Waals surface area contributed by atoms with E-state index in [1.165, 1.54) is 11.9 Å². The van der Waals surface area contributed by atoms with Crippen molar-refractivity contribution in [2.45, 2.75) is 121 Å². The smallest absolute Gasteiger partial charge is 0.220 e. The fraction of sp³-hybridized carbons (Fsp3) is 0.688. The van der Waals surface area contributed by atoms with E-state index < -0.39 is 16.6 Å². The minimum Gasteiger partial charge on any atom is -0.474 e. The number of rotatable bonds is 10. The summed E-state index contributed by atoms with van der Waals surface area (Å²) < 4.78 is 32.3. The van der Waals surface area contributed by atoms with E-state index in [2.05, 4.69) is 95.9 Å². The maximum absolute atomic E-state index is 6.99. The summed E-state index contributed by atoms with van der Waals surface area (Å²) in [6.45, 7) is 23.7. The van der Waals surface area contributed by atoms with Crippen molar-refractivity contribution in [3.63, 3.8) is 0 Å². The first-order valence-electron chi connectivity index (χ1n) is 15.1. The van der Waals surface area contributed by atoms with Gasteiger partial charge in [-0.2, -0.15) is 0 Å². The van der Waals surface area contributed by atoms with Gasteiger partial charge in [-0.05, 0) is 53.8 Å². The zero-order valence-electron chi connectivity index (χ0n) is 27.1. The van der Waals surface area contributed by atoms with Crippen molar-refractivity contribution in [2.24, 2.45) is 5.92 Å². The molecule has 1 saturated carbocycles. The van der Waals surface area contributed by atoms with Crippen LogP contribution in [0.25, 0.3) is 0 Å². The molecule has 0 bridgehead atoms. The van der Waals surface area contributed by atoms with Gasteiger partial charge in [-0.25, -0.2) is 9.97 Å². The van der Waals surface area contributed by atoms with Crippen LogP contribution in [0.3, 0.4) is 0 Å². The molecule has 2 aromatic rings. The third-order valence-corrected chi connectivity index (χ3v) is 18.9. The molecular formula is C32H52N2O5Si2. The summed E-state index contributed by atoms with van der Waals surface area (Å²) in [5.74, 6) is 1.29. The predicted molar refractivity (Wildman–Crippen MR) is 169 cm³/mol. The molecule has 0 unspecified atom stereocenters. The van der Waals surface area contributed by atoms with Gasteiger partial charge < -0.3 is 23.1 Å². The van der Waals surface area contributed by atoms with Gasteiger partial charge in [0.2, 0.25) is 11.8 Å². The zero-order chi connectivity index (χ0) is 30.2. The van der Waals surface area contributed by atoms with Crippen molar-refractivity contribution in [2.75, 3.05) is 13.7 Å². The lowest BCUT2D eigenvalue weighted by Gasteiger charge is -2.41. The van der Waals surface area contributed by atoms with Gasteiger partial charge in [0.1, 0.15) is 18.5 Å². The van der Waals surface area contributed by atoms with Crippen LogP contribution in [0.4, 0.5) is 0 Å². The van der Waals surface area contributed by atoms with E-state index in [9.17, 15) is 0 Å². The molecule has 1 aromatic carbocycles. The minimum atomic E-state index is -1.97. The average molecular weight is 601 g/mol. The highest BCUT2D eigenvalue weighted by molar-refractivity contribution is 6.74. The van der Waals surface area contributed by atoms with Gasteiger partial charge >= 0.3 is 0 Å². The largest absolute Gasteiger partial charge is 0.474 e. The minimum absolute atomic E-state index is 0.0144.